The lowest BCUT2D eigenvalue weighted by atomic mass is 9.71. The normalized spacial score (nSPS) is 17.1. The Balaban J connectivity index is 1.92. The minimum absolute atomic E-state index is 0.0224. The van der Waals surface area contributed by atoms with Gasteiger partial charge >= 0.3 is 0 Å². The van der Waals surface area contributed by atoms with Crippen molar-refractivity contribution in [1.82, 2.24) is 0 Å². The molecule has 2 atom stereocenters. The minimum atomic E-state index is -0.0727. The molecule has 246 valence electrons. The second-order valence-corrected chi connectivity index (χ2v) is 15.7. The molecule has 0 N–H and O–H groups in total. The summed E-state index contributed by atoms with van der Waals surface area (Å²) in [5.41, 5.74) is 7.70. The second kappa shape index (κ2) is 14.4. The zero-order valence-corrected chi connectivity index (χ0v) is 30.8. The molecule has 2 heteroatoms. The van der Waals surface area contributed by atoms with Gasteiger partial charge in [-0.2, -0.15) is 0 Å². The van der Waals surface area contributed by atoms with Crippen LogP contribution in [-0.4, -0.2) is 11.6 Å². The molecule has 0 fully saturated rings. The van der Waals surface area contributed by atoms with E-state index in [1.165, 1.54) is 16.7 Å². The van der Waals surface area contributed by atoms with Crippen molar-refractivity contribution in [2.24, 2.45) is 10.8 Å². The lowest BCUT2D eigenvalue weighted by Gasteiger charge is -2.32. The average Bonchev–Trinajstić information content (AvgIpc) is 3.02. The fourth-order valence-corrected chi connectivity index (χ4v) is 6.72. The van der Waals surface area contributed by atoms with Crippen LogP contribution in [-0.2, 0) is 10.8 Å². The standard InChI is InChI=1S/C43H62O2/c1-13-25-43(12,27-18-20-31(6)41(9,10)15-3)33-22-24-35-37(29-33)39(45)34-23-21-32(28-36(34)38(35)44)42(11,16-4)26-17-19-30(5)40(7,8)14-2/h19-24,28-29H,13-18,25-27H2,1-12H3. The number of fused-ring (bicyclic) bond motifs is 2. The van der Waals surface area contributed by atoms with Crippen molar-refractivity contribution in [3.8, 4) is 0 Å². The molecular weight excluding hydrogens is 548 g/mol. The summed E-state index contributed by atoms with van der Waals surface area (Å²) in [7, 11) is 0. The van der Waals surface area contributed by atoms with E-state index in [2.05, 4.69) is 107 Å². The van der Waals surface area contributed by atoms with Crippen LogP contribution in [0.1, 0.15) is 184 Å². The zero-order valence-electron chi connectivity index (χ0n) is 30.8. The molecule has 0 bridgehead atoms. The van der Waals surface area contributed by atoms with E-state index < -0.39 is 0 Å². The quantitative estimate of drug-likeness (QED) is 0.160. The summed E-state index contributed by atoms with van der Waals surface area (Å²) in [5, 5.41) is 0. The average molecular weight is 611 g/mol. The SMILES string of the molecule is CCCC(C)(CCC=C(C)C(C)(C)CC)c1ccc2c(c1)C(=O)c1ccc(C(C)(CC)CCC=C(C)C(C)(C)CC)cc1C2=O. The third-order valence-corrected chi connectivity index (χ3v) is 12.2. The van der Waals surface area contributed by atoms with Crippen molar-refractivity contribution in [3.05, 3.63) is 93.1 Å². The molecule has 3 rings (SSSR count). The second-order valence-electron chi connectivity index (χ2n) is 15.7. The predicted molar refractivity (Wildman–Crippen MR) is 194 cm³/mol. The van der Waals surface area contributed by atoms with Gasteiger partial charge in [0.15, 0.2) is 11.6 Å². The molecule has 0 spiro atoms. The minimum Gasteiger partial charge on any atom is -0.289 e. The van der Waals surface area contributed by atoms with E-state index in [9.17, 15) is 9.59 Å². The summed E-state index contributed by atoms with van der Waals surface area (Å²) >= 11 is 0. The van der Waals surface area contributed by atoms with E-state index in [1.54, 1.807) is 0 Å². The highest BCUT2D eigenvalue weighted by Crippen LogP contribution is 2.40. The largest absolute Gasteiger partial charge is 0.289 e. The smallest absolute Gasteiger partial charge is 0.194 e. The Morgan fingerprint density at radius 3 is 1.33 bits per heavy atom. The van der Waals surface area contributed by atoms with Crippen molar-refractivity contribution < 1.29 is 9.59 Å². The summed E-state index contributed by atoms with van der Waals surface area (Å²) in [5.74, 6) is -0.0460. The van der Waals surface area contributed by atoms with E-state index >= 15 is 0 Å². The molecule has 0 aromatic heterocycles. The van der Waals surface area contributed by atoms with Gasteiger partial charge < -0.3 is 0 Å². The van der Waals surface area contributed by atoms with Crippen LogP contribution in [0, 0.1) is 10.8 Å². The van der Waals surface area contributed by atoms with Crippen LogP contribution in [0.3, 0.4) is 0 Å². The number of ketones is 2. The van der Waals surface area contributed by atoms with Crippen LogP contribution < -0.4 is 0 Å². The van der Waals surface area contributed by atoms with Crippen molar-refractivity contribution in [2.75, 3.05) is 0 Å². The fourth-order valence-electron chi connectivity index (χ4n) is 6.72. The Morgan fingerprint density at radius 1 is 0.556 bits per heavy atom. The number of carbonyl (C=O) groups is 2. The Labute approximate surface area is 276 Å². The first-order valence-corrected chi connectivity index (χ1v) is 17.7. The van der Waals surface area contributed by atoms with Crippen molar-refractivity contribution in [2.45, 2.75) is 152 Å². The number of benzene rings is 2. The highest BCUT2D eigenvalue weighted by molar-refractivity contribution is 6.28. The van der Waals surface area contributed by atoms with Crippen molar-refractivity contribution >= 4 is 11.6 Å². The third kappa shape index (κ3) is 7.81. The Hall–Kier alpha value is -2.74. The van der Waals surface area contributed by atoms with Crippen molar-refractivity contribution in [1.29, 1.82) is 0 Å². The monoisotopic (exact) mass is 610 g/mol. The number of carbonyl (C=O) groups excluding carboxylic acids is 2. The topological polar surface area (TPSA) is 34.1 Å². The first-order valence-electron chi connectivity index (χ1n) is 17.7. The molecule has 0 saturated heterocycles. The predicted octanol–water partition coefficient (Wildman–Crippen LogP) is 12.5. The molecule has 2 aromatic carbocycles. The van der Waals surface area contributed by atoms with Gasteiger partial charge in [-0.05, 0) is 122 Å². The summed E-state index contributed by atoms with van der Waals surface area (Å²) < 4.78 is 0. The van der Waals surface area contributed by atoms with Crippen LogP contribution in [0.25, 0.3) is 0 Å². The van der Waals surface area contributed by atoms with Gasteiger partial charge in [-0.25, -0.2) is 0 Å². The molecule has 45 heavy (non-hydrogen) atoms. The summed E-state index contributed by atoms with van der Waals surface area (Å²) in [4.78, 5) is 27.9. The number of hydrogen-bond acceptors (Lipinski definition) is 2. The molecule has 2 nitrogen and oxygen atoms in total. The first-order chi connectivity index (χ1) is 21.0. The molecule has 0 heterocycles. The maximum absolute atomic E-state index is 14.0. The molecular formula is C43H62O2. The van der Waals surface area contributed by atoms with Crippen LogP contribution in [0.15, 0.2) is 59.7 Å². The molecule has 0 radical (unpaired) electrons. The summed E-state index contributed by atoms with van der Waals surface area (Å²) in [6.45, 7) is 27.3. The molecule has 1 aliphatic carbocycles. The molecule has 1 aliphatic rings. The van der Waals surface area contributed by atoms with Gasteiger partial charge in [-0.3, -0.25) is 9.59 Å². The molecule has 0 aliphatic heterocycles. The number of hydrogen-bond donors (Lipinski definition) is 0. The molecule has 2 unspecified atom stereocenters. The van der Waals surface area contributed by atoms with Gasteiger partial charge in [0, 0.05) is 22.3 Å². The highest BCUT2D eigenvalue weighted by atomic mass is 16.1. The zero-order chi connectivity index (χ0) is 33.8. The van der Waals surface area contributed by atoms with Gasteiger partial charge in [0.2, 0.25) is 0 Å². The van der Waals surface area contributed by atoms with E-state index in [0.29, 0.717) is 22.3 Å². The lowest BCUT2D eigenvalue weighted by molar-refractivity contribution is 0.0978. The Kier molecular flexibility index (Phi) is 11.7. The van der Waals surface area contributed by atoms with Gasteiger partial charge in [-0.15, -0.1) is 0 Å². The van der Waals surface area contributed by atoms with E-state index in [1.807, 2.05) is 24.3 Å². The Bertz CT molecular complexity index is 1450. The van der Waals surface area contributed by atoms with Crippen LogP contribution in [0.2, 0.25) is 0 Å². The summed E-state index contributed by atoms with van der Waals surface area (Å²) in [6.07, 6.45) is 14.1. The highest BCUT2D eigenvalue weighted by Gasteiger charge is 2.35. The molecule has 0 amide bonds. The maximum Gasteiger partial charge on any atom is 0.194 e. The van der Waals surface area contributed by atoms with Crippen LogP contribution in [0.4, 0.5) is 0 Å². The molecule has 0 saturated carbocycles. The van der Waals surface area contributed by atoms with Crippen LogP contribution >= 0.6 is 0 Å². The van der Waals surface area contributed by atoms with Gasteiger partial charge in [0.05, 0.1) is 0 Å². The van der Waals surface area contributed by atoms with Gasteiger partial charge in [0.1, 0.15) is 0 Å². The first kappa shape index (κ1) is 36.7. The fraction of sp³-hybridized carbons (Fsp3) is 0.581. The van der Waals surface area contributed by atoms with Gasteiger partial charge in [0.25, 0.3) is 0 Å². The third-order valence-electron chi connectivity index (χ3n) is 12.2. The van der Waals surface area contributed by atoms with E-state index in [4.69, 9.17) is 0 Å². The van der Waals surface area contributed by atoms with Crippen molar-refractivity contribution in [3.63, 3.8) is 0 Å². The Morgan fingerprint density at radius 2 is 0.956 bits per heavy atom. The van der Waals surface area contributed by atoms with E-state index in [0.717, 1.165) is 63.4 Å². The van der Waals surface area contributed by atoms with E-state index in [-0.39, 0.29) is 33.2 Å². The number of allylic oxidation sites excluding steroid dienone is 4. The molecule has 2 aromatic rings. The number of rotatable bonds is 15. The van der Waals surface area contributed by atoms with Gasteiger partial charge in [-0.1, -0.05) is 111 Å². The maximum atomic E-state index is 14.0. The van der Waals surface area contributed by atoms with Crippen LogP contribution in [0.5, 0.6) is 0 Å². The summed E-state index contributed by atoms with van der Waals surface area (Å²) in [6, 6.07) is 12.1. The lowest BCUT2D eigenvalue weighted by Crippen LogP contribution is -2.27.